The summed E-state index contributed by atoms with van der Waals surface area (Å²) in [6.45, 7) is 0. The molecule has 0 heterocycles. The van der Waals surface area contributed by atoms with Gasteiger partial charge in [0.2, 0.25) is 0 Å². The highest BCUT2D eigenvalue weighted by molar-refractivity contribution is 5.59. The SMILES string of the molecule is CF.COC(=O)OC. The molecule has 0 radical (unpaired) electrons. The normalized spacial score (nSPS) is 6.00. The molecule has 0 saturated heterocycles. The number of alkyl halides is 1. The first-order valence-electron chi connectivity index (χ1n) is 1.81. The van der Waals surface area contributed by atoms with Gasteiger partial charge in [-0.15, -0.1) is 0 Å². The molecule has 0 rings (SSSR count). The minimum atomic E-state index is -0.657. The average Bonchev–Trinajstić information content (AvgIpc) is 1.91. The lowest BCUT2D eigenvalue weighted by Gasteiger charge is -1.89. The maximum absolute atomic E-state index is 9.74. The number of ether oxygens (including phenoxy) is 2. The van der Waals surface area contributed by atoms with Gasteiger partial charge in [0.15, 0.2) is 0 Å². The molecule has 4 heteroatoms. The zero-order valence-electron chi connectivity index (χ0n) is 5.10. The van der Waals surface area contributed by atoms with Gasteiger partial charge in [-0.25, -0.2) is 4.79 Å². The van der Waals surface area contributed by atoms with E-state index in [2.05, 4.69) is 9.47 Å². The van der Waals surface area contributed by atoms with E-state index < -0.39 is 6.16 Å². The summed E-state index contributed by atoms with van der Waals surface area (Å²) in [5.74, 6) is 0. The van der Waals surface area contributed by atoms with E-state index in [1.807, 2.05) is 0 Å². The van der Waals surface area contributed by atoms with Gasteiger partial charge in [0, 0.05) is 0 Å². The molecule has 8 heavy (non-hydrogen) atoms. The van der Waals surface area contributed by atoms with Crippen molar-refractivity contribution in [2.24, 2.45) is 0 Å². The third kappa shape index (κ3) is 8.96. The highest BCUT2D eigenvalue weighted by atomic mass is 19.1. The van der Waals surface area contributed by atoms with Crippen molar-refractivity contribution in [2.45, 2.75) is 0 Å². The van der Waals surface area contributed by atoms with E-state index in [4.69, 9.17) is 0 Å². The standard InChI is InChI=1S/C3H6O3.CH3F/c1-5-3(4)6-2;1-2/h1-2H3;1H3. The van der Waals surface area contributed by atoms with Gasteiger partial charge in [0.05, 0.1) is 21.4 Å². The fourth-order valence-electron chi connectivity index (χ4n) is 0.0833. The maximum atomic E-state index is 9.74. The van der Waals surface area contributed by atoms with E-state index in [9.17, 15) is 9.18 Å². The summed E-state index contributed by atoms with van der Waals surface area (Å²) in [5.41, 5.74) is 0. The molecule has 0 fully saturated rings. The molecule has 0 aromatic heterocycles. The Hall–Kier alpha value is -0.800. The van der Waals surface area contributed by atoms with Crippen LogP contribution in [0.5, 0.6) is 0 Å². The second kappa shape index (κ2) is 9.50. The number of methoxy groups -OCH3 is 2. The lowest BCUT2D eigenvalue weighted by Crippen LogP contribution is -1.97. The number of hydrogen-bond donors (Lipinski definition) is 0. The second-order valence-electron chi connectivity index (χ2n) is 0.658. The van der Waals surface area contributed by atoms with E-state index in [0.29, 0.717) is 7.18 Å². The third-order valence-corrected chi connectivity index (χ3v) is 0.333. The van der Waals surface area contributed by atoms with Crippen molar-refractivity contribution in [1.82, 2.24) is 0 Å². The van der Waals surface area contributed by atoms with Crippen molar-refractivity contribution in [3.8, 4) is 0 Å². The second-order valence-corrected chi connectivity index (χ2v) is 0.658. The van der Waals surface area contributed by atoms with E-state index in [1.165, 1.54) is 14.2 Å². The first kappa shape index (κ1) is 10.2. The molecule has 0 aromatic carbocycles. The molecule has 50 valence electrons. The summed E-state index contributed by atoms with van der Waals surface area (Å²) < 4.78 is 17.6. The van der Waals surface area contributed by atoms with Crippen molar-refractivity contribution < 1.29 is 18.7 Å². The first-order chi connectivity index (χ1) is 3.81. The highest BCUT2D eigenvalue weighted by Gasteiger charge is 1.88. The van der Waals surface area contributed by atoms with E-state index in [1.54, 1.807) is 0 Å². The predicted molar refractivity (Wildman–Crippen MR) is 26.4 cm³/mol. The molecule has 0 unspecified atom stereocenters. The molecule has 3 nitrogen and oxygen atoms in total. The molecule has 0 aliphatic rings. The Balaban J connectivity index is 0. The molecule has 0 aliphatic carbocycles. The van der Waals surface area contributed by atoms with Crippen molar-refractivity contribution in [3.05, 3.63) is 0 Å². The van der Waals surface area contributed by atoms with Gasteiger partial charge in [0.25, 0.3) is 0 Å². The number of rotatable bonds is 0. The minimum absolute atomic E-state index is 0.500. The molecule has 0 amide bonds. The average molecular weight is 124 g/mol. The molecular formula is C4H9FO3. The molecule has 0 bridgehead atoms. The van der Waals surface area contributed by atoms with E-state index in [-0.39, 0.29) is 0 Å². The van der Waals surface area contributed by atoms with Crippen LogP contribution in [-0.2, 0) is 9.47 Å². The lowest BCUT2D eigenvalue weighted by molar-refractivity contribution is 0.0924. The summed E-state index contributed by atoms with van der Waals surface area (Å²) >= 11 is 0. The van der Waals surface area contributed by atoms with Gasteiger partial charge in [-0.05, 0) is 0 Å². The molecule has 0 saturated carbocycles. The maximum Gasteiger partial charge on any atom is 0.507 e. The molecule has 0 aliphatic heterocycles. The Morgan fingerprint density at radius 1 is 1.25 bits per heavy atom. The van der Waals surface area contributed by atoms with Gasteiger partial charge < -0.3 is 9.47 Å². The van der Waals surface area contributed by atoms with Gasteiger partial charge in [0.1, 0.15) is 0 Å². The van der Waals surface area contributed by atoms with Crippen LogP contribution < -0.4 is 0 Å². The number of halogens is 1. The molecule has 0 N–H and O–H groups in total. The molecule has 0 atom stereocenters. The van der Waals surface area contributed by atoms with Crippen LogP contribution in [0, 0.1) is 0 Å². The summed E-state index contributed by atoms with van der Waals surface area (Å²) in [7, 11) is 3.01. The monoisotopic (exact) mass is 124 g/mol. The van der Waals surface area contributed by atoms with Crippen LogP contribution in [-0.4, -0.2) is 27.6 Å². The largest absolute Gasteiger partial charge is 0.507 e. The lowest BCUT2D eigenvalue weighted by atomic mass is 11.3. The Morgan fingerprint density at radius 2 is 1.50 bits per heavy atom. The Kier molecular flexibility index (Phi) is 12.2. The van der Waals surface area contributed by atoms with Crippen LogP contribution in [0.1, 0.15) is 0 Å². The summed E-state index contributed by atoms with van der Waals surface area (Å²) in [6, 6.07) is 0. The third-order valence-electron chi connectivity index (χ3n) is 0.333. The quantitative estimate of drug-likeness (QED) is 0.451. The van der Waals surface area contributed by atoms with Gasteiger partial charge >= 0.3 is 6.16 Å². The smallest absolute Gasteiger partial charge is 0.438 e. The molecule has 0 aromatic rings. The fraction of sp³-hybridized carbons (Fsp3) is 0.750. The Labute approximate surface area is 47.4 Å². The van der Waals surface area contributed by atoms with Crippen LogP contribution in [0.2, 0.25) is 0 Å². The fourth-order valence-corrected chi connectivity index (χ4v) is 0.0833. The number of hydrogen-bond acceptors (Lipinski definition) is 3. The van der Waals surface area contributed by atoms with Gasteiger partial charge in [-0.1, -0.05) is 0 Å². The van der Waals surface area contributed by atoms with Gasteiger partial charge in [-0.3, -0.25) is 4.39 Å². The van der Waals surface area contributed by atoms with Gasteiger partial charge in [-0.2, -0.15) is 0 Å². The van der Waals surface area contributed by atoms with Crippen LogP contribution in [0.25, 0.3) is 0 Å². The summed E-state index contributed by atoms with van der Waals surface area (Å²) in [4.78, 5) is 9.74. The number of carbonyl (C=O) groups excluding carboxylic acids is 1. The van der Waals surface area contributed by atoms with Crippen LogP contribution in [0.4, 0.5) is 9.18 Å². The summed E-state index contributed by atoms with van der Waals surface area (Å²) in [5, 5.41) is 0. The predicted octanol–water partition coefficient (Wildman–Crippen LogP) is 0.985. The van der Waals surface area contributed by atoms with Crippen LogP contribution in [0.3, 0.4) is 0 Å². The Morgan fingerprint density at radius 3 is 1.50 bits per heavy atom. The zero-order valence-corrected chi connectivity index (χ0v) is 5.10. The van der Waals surface area contributed by atoms with E-state index >= 15 is 0 Å². The number of carbonyl (C=O) groups is 1. The van der Waals surface area contributed by atoms with Crippen LogP contribution in [0.15, 0.2) is 0 Å². The van der Waals surface area contributed by atoms with Crippen molar-refractivity contribution >= 4 is 6.16 Å². The Bertz CT molecular complexity index is 49.2. The molecular weight excluding hydrogens is 115 g/mol. The highest BCUT2D eigenvalue weighted by Crippen LogP contribution is 1.72. The van der Waals surface area contributed by atoms with Crippen LogP contribution >= 0.6 is 0 Å². The minimum Gasteiger partial charge on any atom is -0.438 e. The van der Waals surface area contributed by atoms with Crippen molar-refractivity contribution in [1.29, 1.82) is 0 Å². The molecule has 0 spiro atoms. The zero-order chi connectivity index (χ0) is 6.99. The summed E-state index contributed by atoms with van der Waals surface area (Å²) in [6.07, 6.45) is -0.657. The van der Waals surface area contributed by atoms with E-state index in [0.717, 1.165) is 0 Å². The van der Waals surface area contributed by atoms with Crippen molar-refractivity contribution in [3.63, 3.8) is 0 Å². The van der Waals surface area contributed by atoms with Crippen molar-refractivity contribution in [2.75, 3.05) is 21.4 Å². The first-order valence-corrected chi connectivity index (χ1v) is 1.81. The topological polar surface area (TPSA) is 35.5 Å².